The summed E-state index contributed by atoms with van der Waals surface area (Å²) < 4.78 is 64.3. The first-order valence-electron chi connectivity index (χ1n) is 13.1. The van der Waals surface area contributed by atoms with Gasteiger partial charge in [-0.2, -0.15) is 13.2 Å². The van der Waals surface area contributed by atoms with Gasteiger partial charge >= 0.3 is 6.18 Å². The molecule has 6 nitrogen and oxygen atoms in total. The molecule has 1 heterocycles. The predicted molar refractivity (Wildman–Crippen MR) is 138 cm³/mol. The largest absolute Gasteiger partial charge is 0.396 e. The quantitative estimate of drug-likeness (QED) is 0.458. The van der Waals surface area contributed by atoms with Crippen LogP contribution in [0.1, 0.15) is 78.0 Å². The minimum absolute atomic E-state index is 0.00499. The Balaban J connectivity index is 1.65. The van der Waals surface area contributed by atoms with Gasteiger partial charge in [-0.1, -0.05) is 25.1 Å². The SMILES string of the molecule is CCS(=O)(=O)c1ccc([C@H](CCO)C2c3ccc(C(N)=O)cc3CN2CC2CCC(C(F)(F)F)CC2)cc1. The molecule has 1 unspecified atom stereocenters. The fraction of sp³-hybridized carbons (Fsp3) is 0.536. The molecule has 1 saturated carbocycles. The Morgan fingerprint density at radius 2 is 1.76 bits per heavy atom. The molecular weight excluding hydrogens is 517 g/mol. The molecule has 2 atom stereocenters. The van der Waals surface area contributed by atoms with Crippen molar-refractivity contribution in [3.8, 4) is 0 Å². The summed E-state index contributed by atoms with van der Waals surface area (Å²) in [6.07, 6.45) is -2.52. The van der Waals surface area contributed by atoms with Gasteiger partial charge in [-0.3, -0.25) is 9.69 Å². The first-order chi connectivity index (χ1) is 17.9. The second kappa shape index (κ2) is 11.4. The number of nitrogens with zero attached hydrogens (tertiary/aromatic N) is 1. The van der Waals surface area contributed by atoms with Crippen LogP contribution in [-0.4, -0.2) is 49.4 Å². The number of carbonyl (C=O) groups is 1. The summed E-state index contributed by atoms with van der Waals surface area (Å²) in [7, 11) is -3.36. The summed E-state index contributed by atoms with van der Waals surface area (Å²) in [4.78, 5) is 14.3. The third-order valence-corrected chi connectivity index (χ3v) is 9.93. The lowest BCUT2D eigenvalue weighted by molar-refractivity contribution is -0.184. The summed E-state index contributed by atoms with van der Waals surface area (Å²) >= 11 is 0. The van der Waals surface area contributed by atoms with Crippen molar-refractivity contribution in [1.29, 1.82) is 0 Å². The van der Waals surface area contributed by atoms with Crippen molar-refractivity contribution in [2.45, 2.75) is 68.6 Å². The number of hydrogen-bond donors (Lipinski definition) is 2. The summed E-state index contributed by atoms with van der Waals surface area (Å²) in [5, 5.41) is 9.98. The Bertz CT molecular complexity index is 1240. The van der Waals surface area contributed by atoms with Gasteiger partial charge in [-0.15, -0.1) is 0 Å². The standard InChI is InChI=1S/C28H35F3N2O4S/c1-2-38(36,37)23-10-5-19(6-11-23)25(13-14-34)26-24-12-7-20(27(32)35)15-21(24)17-33(26)16-18-3-8-22(9-4-18)28(29,30)31/h5-7,10-12,15,18,22,25-26,34H,2-4,8-9,13-14,16-17H2,1H3,(H2,32,35)/t18?,22?,25-,26?/m0/s1. The van der Waals surface area contributed by atoms with E-state index < -0.39 is 27.8 Å². The second-order valence-electron chi connectivity index (χ2n) is 10.5. The number of aliphatic hydroxyl groups is 1. The number of benzene rings is 2. The summed E-state index contributed by atoms with van der Waals surface area (Å²) in [6, 6.07) is 11.9. The highest BCUT2D eigenvalue weighted by atomic mass is 32.2. The van der Waals surface area contributed by atoms with Crippen LogP contribution in [0.5, 0.6) is 0 Å². The number of fused-ring (bicyclic) bond motifs is 1. The molecular formula is C28H35F3N2O4S. The van der Waals surface area contributed by atoms with Gasteiger partial charge in [0.25, 0.3) is 0 Å². The molecule has 1 amide bonds. The second-order valence-corrected chi connectivity index (χ2v) is 12.8. The Morgan fingerprint density at radius 1 is 1.11 bits per heavy atom. The van der Waals surface area contributed by atoms with Crippen LogP contribution < -0.4 is 5.73 Å². The molecule has 2 aromatic rings. The van der Waals surface area contributed by atoms with E-state index in [1.807, 2.05) is 6.07 Å². The van der Waals surface area contributed by atoms with Crippen LogP contribution in [0.25, 0.3) is 0 Å². The summed E-state index contributed by atoms with van der Waals surface area (Å²) in [6.45, 7) is 2.62. The molecule has 208 valence electrons. The number of carbonyl (C=O) groups excluding carboxylic acids is 1. The third-order valence-electron chi connectivity index (χ3n) is 8.18. The third kappa shape index (κ3) is 6.07. The number of primary amides is 1. The normalized spacial score (nSPS) is 23.2. The number of hydrogen-bond acceptors (Lipinski definition) is 5. The topological polar surface area (TPSA) is 101 Å². The Kier molecular flexibility index (Phi) is 8.54. The molecule has 4 rings (SSSR count). The number of amides is 1. The molecule has 1 aliphatic heterocycles. The van der Waals surface area contributed by atoms with Crippen LogP contribution in [0.4, 0.5) is 13.2 Å². The molecule has 1 aliphatic carbocycles. The zero-order valence-electron chi connectivity index (χ0n) is 21.5. The van der Waals surface area contributed by atoms with E-state index in [2.05, 4.69) is 4.90 Å². The molecule has 2 aromatic carbocycles. The molecule has 38 heavy (non-hydrogen) atoms. The Labute approximate surface area is 221 Å². The Hall–Kier alpha value is -2.43. The van der Waals surface area contributed by atoms with Gasteiger partial charge in [-0.25, -0.2) is 8.42 Å². The van der Waals surface area contributed by atoms with E-state index in [-0.39, 0.29) is 48.0 Å². The first kappa shape index (κ1) is 28.6. The van der Waals surface area contributed by atoms with Crippen molar-refractivity contribution < 1.29 is 31.5 Å². The molecule has 2 aliphatic rings. The van der Waals surface area contributed by atoms with Crippen LogP contribution >= 0.6 is 0 Å². The summed E-state index contributed by atoms with van der Waals surface area (Å²) in [5.41, 5.74) is 8.69. The monoisotopic (exact) mass is 552 g/mol. The van der Waals surface area contributed by atoms with Crippen LogP contribution in [-0.2, 0) is 16.4 Å². The van der Waals surface area contributed by atoms with Crippen molar-refractivity contribution in [2.75, 3.05) is 18.9 Å². The van der Waals surface area contributed by atoms with E-state index >= 15 is 0 Å². The fourth-order valence-corrected chi connectivity index (χ4v) is 6.97. The van der Waals surface area contributed by atoms with Crippen molar-refractivity contribution in [3.63, 3.8) is 0 Å². The predicted octanol–water partition coefficient (Wildman–Crippen LogP) is 4.97. The molecule has 1 fully saturated rings. The molecule has 0 radical (unpaired) electrons. The average Bonchev–Trinajstić information content (AvgIpc) is 3.23. The van der Waals surface area contributed by atoms with Gasteiger partial charge in [0, 0.05) is 37.2 Å². The van der Waals surface area contributed by atoms with Gasteiger partial charge in [0.2, 0.25) is 5.91 Å². The van der Waals surface area contributed by atoms with Gasteiger partial charge in [0.15, 0.2) is 9.84 Å². The Morgan fingerprint density at radius 3 is 2.32 bits per heavy atom. The van der Waals surface area contributed by atoms with Crippen LogP contribution in [0.3, 0.4) is 0 Å². The van der Waals surface area contributed by atoms with E-state index in [1.54, 1.807) is 43.3 Å². The molecule has 10 heteroatoms. The fourth-order valence-electron chi connectivity index (χ4n) is 6.09. The smallest absolute Gasteiger partial charge is 0.391 e. The van der Waals surface area contributed by atoms with Gasteiger partial charge in [0.1, 0.15) is 0 Å². The number of alkyl halides is 3. The van der Waals surface area contributed by atoms with Crippen molar-refractivity contribution in [3.05, 3.63) is 64.7 Å². The lowest BCUT2D eigenvalue weighted by Gasteiger charge is -2.37. The highest BCUT2D eigenvalue weighted by molar-refractivity contribution is 7.91. The highest BCUT2D eigenvalue weighted by Gasteiger charge is 2.43. The van der Waals surface area contributed by atoms with E-state index in [0.29, 0.717) is 37.9 Å². The lowest BCUT2D eigenvalue weighted by Crippen LogP contribution is -2.35. The number of nitrogens with two attached hydrogens (primary N) is 1. The zero-order valence-corrected chi connectivity index (χ0v) is 22.3. The van der Waals surface area contributed by atoms with E-state index in [0.717, 1.165) is 16.7 Å². The number of aliphatic hydroxyl groups excluding tert-OH is 1. The van der Waals surface area contributed by atoms with Crippen molar-refractivity contribution >= 4 is 15.7 Å². The van der Waals surface area contributed by atoms with Gasteiger partial charge in [0.05, 0.1) is 16.6 Å². The van der Waals surface area contributed by atoms with Crippen LogP contribution in [0.15, 0.2) is 47.4 Å². The molecule has 0 aromatic heterocycles. The minimum atomic E-state index is -4.16. The maximum absolute atomic E-state index is 13.2. The highest BCUT2D eigenvalue weighted by Crippen LogP contribution is 2.47. The molecule has 0 bridgehead atoms. The average molecular weight is 553 g/mol. The van der Waals surface area contributed by atoms with Crippen LogP contribution in [0.2, 0.25) is 0 Å². The first-order valence-corrected chi connectivity index (χ1v) is 14.8. The van der Waals surface area contributed by atoms with E-state index in [1.165, 1.54) is 0 Å². The minimum Gasteiger partial charge on any atom is -0.396 e. The molecule has 0 spiro atoms. The molecule has 3 N–H and O–H groups in total. The van der Waals surface area contributed by atoms with E-state index in [9.17, 15) is 31.5 Å². The van der Waals surface area contributed by atoms with Crippen LogP contribution in [0, 0.1) is 11.8 Å². The van der Waals surface area contributed by atoms with Gasteiger partial charge in [-0.05, 0) is 79.0 Å². The van der Waals surface area contributed by atoms with E-state index in [4.69, 9.17) is 5.73 Å². The van der Waals surface area contributed by atoms with Crippen molar-refractivity contribution in [2.24, 2.45) is 17.6 Å². The summed E-state index contributed by atoms with van der Waals surface area (Å²) in [5.74, 6) is -1.87. The maximum Gasteiger partial charge on any atom is 0.391 e. The van der Waals surface area contributed by atoms with Gasteiger partial charge < -0.3 is 10.8 Å². The zero-order chi connectivity index (χ0) is 27.7. The lowest BCUT2D eigenvalue weighted by atomic mass is 9.80. The number of halogens is 3. The maximum atomic E-state index is 13.2. The number of sulfone groups is 1. The van der Waals surface area contributed by atoms with Crippen molar-refractivity contribution in [1.82, 2.24) is 4.90 Å². The molecule has 0 saturated heterocycles. The number of rotatable bonds is 9.